The molecule has 1 aliphatic heterocycles. The van der Waals surface area contributed by atoms with Gasteiger partial charge in [-0.05, 0) is 12.8 Å². The van der Waals surface area contributed by atoms with Gasteiger partial charge in [0.1, 0.15) is 0 Å². The van der Waals surface area contributed by atoms with Crippen molar-refractivity contribution in [2.75, 3.05) is 6.61 Å². The Bertz CT molecular complexity index is 225. The molecule has 0 amide bonds. The predicted octanol–water partition coefficient (Wildman–Crippen LogP) is 1.57. The summed E-state index contributed by atoms with van der Waals surface area (Å²) in [5, 5.41) is 31.8. The lowest BCUT2D eigenvalue weighted by Gasteiger charge is -2.37. The molecule has 0 saturated carbocycles. The highest BCUT2D eigenvalue weighted by Crippen LogP contribution is 2.19. The Kier molecular flexibility index (Phi) is 8.62. The number of aliphatic hydroxyl groups is 3. The molecule has 0 bridgehead atoms. The molecule has 2 unspecified atom stereocenters. The number of piperidine rings is 1. The fraction of sp³-hybridized carbons (Fsp3) is 1.00. The maximum atomic E-state index is 9.75. The molecule has 1 rings (SSSR count). The van der Waals surface area contributed by atoms with Crippen LogP contribution in [0.1, 0.15) is 64.7 Å². The zero-order chi connectivity index (χ0) is 14.1. The van der Waals surface area contributed by atoms with Crippen LogP contribution in [-0.4, -0.2) is 46.2 Å². The van der Waals surface area contributed by atoms with Crippen LogP contribution in [0, 0.1) is 0 Å². The normalized spacial score (nSPS) is 31.6. The molecule has 1 fully saturated rings. The highest BCUT2D eigenvalue weighted by atomic mass is 16.3. The molecule has 0 aromatic heterocycles. The van der Waals surface area contributed by atoms with Crippen LogP contribution < -0.4 is 5.32 Å². The van der Waals surface area contributed by atoms with Gasteiger partial charge in [0.25, 0.3) is 0 Å². The van der Waals surface area contributed by atoms with Crippen molar-refractivity contribution in [3.8, 4) is 0 Å². The van der Waals surface area contributed by atoms with Crippen molar-refractivity contribution in [3.05, 3.63) is 0 Å². The van der Waals surface area contributed by atoms with E-state index in [-0.39, 0.29) is 18.7 Å². The first-order valence-electron chi connectivity index (χ1n) is 7.92. The van der Waals surface area contributed by atoms with Gasteiger partial charge >= 0.3 is 0 Å². The first-order chi connectivity index (χ1) is 9.19. The molecule has 114 valence electrons. The van der Waals surface area contributed by atoms with Gasteiger partial charge in [-0.1, -0.05) is 51.9 Å². The molecule has 4 nitrogen and oxygen atoms in total. The standard InChI is InChI=1S/C15H31NO3/c1-2-3-4-5-6-7-8-9-12-10-14(18)15(19)13(11-17)16-12/h12-19H,2-11H2,1H3/t12-,13?,14?,15-/m1/s1. The summed E-state index contributed by atoms with van der Waals surface area (Å²) >= 11 is 0. The summed E-state index contributed by atoms with van der Waals surface area (Å²) in [5.74, 6) is 0. The van der Waals surface area contributed by atoms with Crippen LogP contribution in [0.15, 0.2) is 0 Å². The van der Waals surface area contributed by atoms with E-state index in [0.717, 1.165) is 12.8 Å². The van der Waals surface area contributed by atoms with Crippen LogP contribution in [0.3, 0.4) is 0 Å². The lowest BCUT2D eigenvalue weighted by Crippen LogP contribution is -2.58. The fourth-order valence-electron chi connectivity index (χ4n) is 2.88. The number of hydrogen-bond acceptors (Lipinski definition) is 4. The molecule has 1 saturated heterocycles. The van der Waals surface area contributed by atoms with Crippen LogP contribution in [0.25, 0.3) is 0 Å². The van der Waals surface area contributed by atoms with Crippen molar-refractivity contribution in [1.82, 2.24) is 5.32 Å². The maximum Gasteiger partial charge on any atom is 0.0974 e. The quantitative estimate of drug-likeness (QED) is 0.481. The molecule has 0 aliphatic carbocycles. The Morgan fingerprint density at radius 2 is 1.63 bits per heavy atom. The minimum Gasteiger partial charge on any atom is -0.395 e. The second-order valence-corrected chi connectivity index (χ2v) is 5.86. The van der Waals surface area contributed by atoms with Gasteiger partial charge in [-0.25, -0.2) is 0 Å². The van der Waals surface area contributed by atoms with Crippen molar-refractivity contribution in [3.63, 3.8) is 0 Å². The SMILES string of the molecule is CCCCCCCCC[C@@H]1CC(O)[C@H](O)C(CO)N1. The average molecular weight is 273 g/mol. The van der Waals surface area contributed by atoms with Gasteiger partial charge in [0, 0.05) is 6.04 Å². The van der Waals surface area contributed by atoms with E-state index in [1.54, 1.807) is 0 Å². The highest BCUT2D eigenvalue weighted by molar-refractivity contribution is 4.91. The van der Waals surface area contributed by atoms with E-state index in [1.165, 1.54) is 38.5 Å². The fourth-order valence-corrected chi connectivity index (χ4v) is 2.88. The van der Waals surface area contributed by atoms with Gasteiger partial charge < -0.3 is 20.6 Å². The minimum atomic E-state index is -0.838. The van der Waals surface area contributed by atoms with Gasteiger partial charge in [-0.15, -0.1) is 0 Å². The first kappa shape index (κ1) is 16.9. The molecule has 4 heteroatoms. The molecular weight excluding hydrogens is 242 g/mol. The van der Waals surface area contributed by atoms with Crippen LogP contribution in [0.4, 0.5) is 0 Å². The van der Waals surface area contributed by atoms with E-state index in [2.05, 4.69) is 12.2 Å². The zero-order valence-electron chi connectivity index (χ0n) is 12.2. The summed E-state index contributed by atoms with van der Waals surface area (Å²) in [6.07, 6.45) is 9.06. The minimum absolute atomic E-state index is 0.119. The van der Waals surface area contributed by atoms with E-state index in [9.17, 15) is 10.2 Å². The van der Waals surface area contributed by atoms with E-state index in [0.29, 0.717) is 6.42 Å². The van der Waals surface area contributed by atoms with Crippen molar-refractivity contribution < 1.29 is 15.3 Å². The van der Waals surface area contributed by atoms with E-state index >= 15 is 0 Å². The van der Waals surface area contributed by atoms with E-state index in [1.807, 2.05) is 0 Å². The third kappa shape index (κ3) is 6.21. The van der Waals surface area contributed by atoms with Crippen LogP contribution in [-0.2, 0) is 0 Å². The molecule has 4 atom stereocenters. The Morgan fingerprint density at radius 3 is 2.26 bits per heavy atom. The molecule has 0 aromatic carbocycles. The lowest BCUT2D eigenvalue weighted by molar-refractivity contribution is -0.0519. The van der Waals surface area contributed by atoms with Gasteiger partial charge in [0.2, 0.25) is 0 Å². The Hall–Kier alpha value is -0.160. The smallest absolute Gasteiger partial charge is 0.0974 e. The van der Waals surface area contributed by atoms with Gasteiger partial charge in [0.15, 0.2) is 0 Å². The summed E-state index contributed by atoms with van der Waals surface area (Å²) in [6, 6.07) is -0.149. The Balaban J connectivity index is 2.09. The van der Waals surface area contributed by atoms with Crippen LogP contribution >= 0.6 is 0 Å². The molecule has 0 spiro atoms. The Labute approximate surface area is 117 Å². The number of rotatable bonds is 9. The summed E-state index contributed by atoms with van der Waals surface area (Å²) in [4.78, 5) is 0. The molecule has 0 radical (unpaired) electrons. The third-order valence-electron chi connectivity index (χ3n) is 4.14. The van der Waals surface area contributed by atoms with Crippen molar-refractivity contribution in [2.45, 2.75) is 89.0 Å². The first-order valence-corrected chi connectivity index (χ1v) is 7.92. The zero-order valence-corrected chi connectivity index (χ0v) is 12.2. The number of hydrogen-bond donors (Lipinski definition) is 4. The average Bonchev–Trinajstić information content (AvgIpc) is 2.41. The second kappa shape index (κ2) is 9.70. The second-order valence-electron chi connectivity index (χ2n) is 5.86. The largest absolute Gasteiger partial charge is 0.395 e. The van der Waals surface area contributed by atoms with Crippen molar-refractivity contribution in [2.24, 2.45) is 0 Å². The van der Waals surface area contributed by atoms with Gasteiger partial charge in [-0.3, -0.25) is 0 Å². The van der Waals surface area contributed by atoms with Gasteiger partial charge in [-0.2, -0.15) is 0 Å². The number of nitrogens with one attached hydrogen (secondary N) is 1. The number of unbranched alkanes of at least 4 members (excludes halogenated alkanes) is 6. The summed E-state index contributed by atoms with van der Waals surface area (Å²) < 4.78 is 0. The molecule has 1 aliphatic rings. The van der Waals surface area contributed by atoms with Gasteiger partial charge in [0.05, 0.1) is 24.9 Å². The molecule has 19 heavy (non-hydrogen) atoms. The monoisotopic (exact) mass is 273 g/mol. The van der Waals surface area contributed by atoms with Crippen molar-refractivity contribution >= 4 is 0 Å². The molecule has 1 heterocycles. The third-order valence-corrected chi connectivity index (χ3v) is 4.14. The summed E-state index contributed by atoms with van der Waals surface area (Å²) in [6.45, 7) is 2.11. The van der Waals surface area contributed by atoms with E-state index in [4.69, 9.17) is 5.11 Å². The summed E-state index contributed by atoms with van der Waals surface area (Å²) in [5.41, 5.74) is 0. The maximum absolute atomic E-state index is 9.75. The lowest BCUT2D eigenvalue weighted by atomic mass is 9.90. The molecular formula is C15H31NO3. The van der Waals surface area contributed by atoms with Crippen molar-refractivity contribution in [1.29, 1.82) is 0 Å². The van der Waals surface area contributed by atoms with E-state index < -0.39 is 12.2 Å². The molecule has 0 aromatic rings. The Morgan fingerprint density at radius 1 is 1.00 bits per heavy atom. The van der Waals surface area contributed by atoms with Crippen LogP contribution in [0.5, 0.6) is 0 Å². The predicted molar refractivity (Wildman–Crippen MR) is 77.0 cm³/mol. The number of aliphatic hydroxyl groups excluding tert-OH is 3. The van der Waals surface area contributed by atoms with Crippen LogP contribution in [0.2, 0.25) is 0 Å². The highest BCUT2D eigenvalue weighted by Gasteiger charge is 2.34. The molecule has 4 N–H and O–H groups in total. The topological polar surface area (TPSA) is 72.7 Å². The summed E-state index contributed by atoms with van der Waals surface area (Å²) in [7, 11) is 0.